The average molecular weight is 727 g/mol. The van der Waals surface area contributed by atoms with Crippen LogP contribution in [0.15, 0.2) is 206 Å². The van der Waals surface area contributed by atoms with Crippen molar-refractivity contribution in [2.24, 2.45) is 0 Å². The molecule has 0 amide bonds. The molecular formula is C53H34N4. The molecule has 0 fully saturated rings. The van der Waals surface area contributed by atoms with Crippen LogP contribution in [0.2, 0.25) is 0 Å². The Balaban J connectivity index is 1.09. The molecule has 0 radical (unpaired) electrons. The lowest BCUT2D eigenvalue weighted by atomic mass is 10.0. The van der Waals surface area contributed by atoms with Gasteiger partial charge >= 0.3 is 0 Å². The van der Waals surface area contributed by atoms with E-state index in [-0.39, 0.29) is 0 Å². The van der Waals surface area contributed by atoms with Gasteiger partial charge in [-0.25, -0.2) is 4.98 Å². The molecule has 0 aliphatic heterocycles. The largest absolute Gasteiger partial charge is 0.317 e. The summed E-state index contributed by atoms with van der Waals surface area (Å²) in [6.07, 6.45) is 2.18. The van der Waals surface area contributed by atoms with Crippen molar-refractivity contribution in [3.05, 3.63) is 206 Å². The summed E-state index contributed by atoms with van der Waals surface area (Å²) in [5.74, 6) is 0.893. The third-order valence-corrected chi connectivity index (χ3v) is 11.6. The molecule has 0 saturated carbocycles. The SMILES string of the molecule is c1ccc(-c2cc(-c3ccccc3)nc(-n3c4ccccc4c4cc(-n5c6ccccc6c6cc7cc8ccn(-c9ccccc9)c8cc7cc65)ccc43)c2)cc1. The molecule has 4 nitrogen and oxygen atoms in total. The van der Waals surface area contributed by atoms with E-state index in [0.717, 1.165) is 50.6 Å². The second kappa shape index (κ2) is 12.4. The minimum Gasteiger partial charge on any atom is -0.317 e. The third kappa shape index (κ3) is 4.98. The van der Waals surface area contributed by atoms with Gasteiger partial charge in [0.1, 0.15) is 5.82 Å². The van der Waals surface area contributed by atoms with Crippen molar-refractivity contribution in [1.82, 2.24) is 18.7 Å². The Labute approximate surface area is 328 Å². The van der Waals surface area contributed by atoms with Gasteiger partial charge in [0.25, 0.3) is 0 Å². The lowest BCUT2D eigenvalue weighted by Gasteiger charge is -2.13. The molecule has 266 valence electrons. The van der Waals surface area contributed by atoms with Gasteiger partial charge in [-0.3, -0.25) is 4.57 Å². The van der Waals surface area contributed by atoms with Gasteiger partial charge in [0.15, 0.2) is 0 Å². The highest BCUT2D eigenvalue weighted by Gasteiger charge is 2.19. The van der Waals surface area contributed by atoms with Crippen LogP contribution in [0, 0.1) is 0 Å². The molecule has 4 heteroatoms. The van der Waals surface area contributed by atoms with Crippen LogP contribution in [0.5, 0.6) is 0 Å². The zero-order chi connectivity index (χ0) is 37.5. The maximum atomic E-state index is 5.35. The molecule has 0 aliphatic carbocycles. The van der Waals surface area contributed by atoms with E-state index in [0.29, 0.717) is 0 Å². The highest BCUT2D eigenvalue weighted by molar-refractivity contribution is 6.16. The zero-order valence-corrected chi connectivity index (χ0v) is 30.9. The molecule has 12 rings (SSSR count). The van der Waals surface area contributed by atoms with Crippen LogP contribution in [-0.4, -0.2) is 18.7 Å². The second-order valence-electron chi connectivity index (χ2n) is 14.9. The van der Waals surface area contributed by atoms with Crippen molar-refractivity contribution in [2.45, 2.75) is 0 Å². The van der Waals surface area contributed by atoms with Crippen LogP contribution in [-0.2, 0) is 0 Å². The Morgan fingerprint density at radius 3 is 1.67 bits per heavy atom. The van der Waals surface area contributed by atoms with E-state index in [4.69, 9.17) is 4.98 Å². The molecule has 0 unspecified atom stereocenters. The van der Waals surface area contributed by atoms with E-state index < -0.39 is 0 Å². The number of hydrogen-bond acceptors (Lipinski definition) is 1. The van der Waals surface area contributed by atoms with E-state index in [9.17, 15) is 0 Å². The Bertz CT molecular complexity index is 3440. The normalized spacial score (nSPS) is 11.9. The summed E-state index contributed by atoms with van der Waals surface area (Å²) in [5.41, 5.74) is 12.4. The van der Waals surface area contributed by atoms with E-state index in [1.807, 2.05) is 0 Å². The minimum absolute atomic E-state index is 0.893. The maximum Gasteiger partial charge on any atom is 0.138 e. The first-order chi connectivity index (χ1) is 28.2. The summed E-state index contributed by atoms with van der Waals surface area (Å²) >= 11 is 0. The number of para-hydroxylation sites is 3. The lowest BCUT2D eigenvalue weighted by Crippen LogP contribution is -2.00. The summed E-state index contributed by atoms with van der Waals surface area (Å²) in [6.45, 7) is 0. The van der Waals surface area contributed by atoms with E-state index >= 15 is 0 Å². The molecular weight excluding hydrogens is 693 g/mol. The number of fused-ring (bicyclic) bond motifs is 8. The van der Waals surface area contributed by atoms with Crippen LogP contribution in [0.1, 0.15) is 0 Å². The molecule has 12 aromatic rings. The van der Waals surface area contributed by atoms with Crippen LogP contribution < -0.4 is 0 Å². The molecule has 57 heavy (non-hydrogen) atoms. The van der Waals surface area contributed by atoms with Gasteiger partial charge in [0.2, 0.25) is 0 Å². The van der Waals surface area contributed by atoms with Gasteiger partial charge in [0.05, 0.1) is 33.3 Å². The summed E-state index contributed by atoms with van der Waals surface area (Å²) in [4.78, 5) is 5.35. The topological polar surface area (TPSA) is 27.7 Å². The van der Waals surface area contributed by atoms with Gasteiger partial charge in [-0.05, 0) is 107 Å². The first-order valence-electron chi connectivity index (χ1n) is 19.5. The highest BCUT2D eigenvalue weighted by Crippen LogP contribution is 2.40. The Morgan fingerprint density at radius 2 is 0.912 bits per heavy atom. The number of pyridine rings is 1. The first-order valence-corrected chi connectivity index (χ1v) is 19.5. The van der Waals surface area contributed by atoms with Crippen molar-refractivity contribution in [3.8, 4) is 39.6 Å². The molecule has 4 aromatic heterocycles. The summed E-state index contributed by atoms with van der Waals surface area (Å²) in [7, 11) is 0. The van der Waals surface area contributed by atoms with Gasteiger partial charge in [-0.2, -0.15) is 0 Å². The fourth-order valence-electron chi connectivity index (χ4n) is 8.97. The number of nitrogens with zero attached hydrogens (tertiary/aromatic N) is 4. The molecule has 0 saturated heterocycles. The van der Waals surface area contributed by atoms with Gasteiger partial charge in [-0.15, -0.1) is 0 Å². The third-order valence-electron chi connectivity index (χ3n) is 11.6. The fraction of sp³-hybridized carbons (Fsp3) is 0. The van der Waals surface area contributed by atoms with Crippen molar-refractivity contribution < 1.29 is 0 Å². The first kappa shape index (κ1) is 31.6. The molecule has 0 aliphatic rings. The Hall–Kier alpha value is -7.69. The average Bonchev–Trinajstić information content (AvgIpc) is 3.95. The number of hydrogen-bond donors (Lipinski definition) is 0. The van der Waals surface area contributed by atoms with E-state index in [2.05, 4.69) is 220 Å². The van der Waals surface area contributed by atoms with Crippen molar-refractivity contribution in [1.29, 1.82) is 0 Å². The predicted octanol–water partition coefficient (Wildman–Crippen LogP) is 13.7. The van der Waals surface area contributed by atoms with Crippen LogP contribution in [0.3, 0.4) is 0 Å². The van der Waals surface area contributed by atoms with Gasteiger partial charge in [0, 0.05) is 50.1 Å². The Morgan fingerprint density at radius 1 is 0.316 bits per heavy atom. The van der Waals surface area contributed by atoms with Crippen molar-refractivity contribution in [2.75, 3.05) is 0 Å². The standard InChI is InChI=1S/C53H34N4/c1-4-14-35(15-5-1)39-30-47(36-16-6-2-7-17-36)54-53(33-39)57-49-23-13-11-21-44(49)46-34-42(24-25-50(46)57)56-48-22-12-10-20-43(48)45-29-38-28-37-26-27-55(41-18-8-3-9-19-41)51(37)31-40(38)32-52(45)56/h1-34H. The molecule has 0 bridgehead atoms. The highest BCUT2D eigenvalue weighted by atomic mass is 15.1. The molecule has 0 atom stereocenters. The fourth-order valence-corrected chi connectivity index (χ4v) is 8.97. The quantitative estimate of drug-likeness (QED) is 0.174. The molecule has 4 heterocycles. The van der Waals surface area contributed by atoms with Crippen LogP contribution >= 0.6 is 0 Å². The second-order valence-corrected chi connectivity index (χ2v) is 14.9. The van der Waals surface area contributed by atoms with E-state index in [1.54, 1.807) is 0 Å². The maximum absolute atomic E-state index is 5.35. The number of benzene rings is 8. The van der Waals surface area contributed by atoms with Crippen molar-refractivity contribution in [3.63, 3.8) is 0 Å². The van der Waals surface area contributed by atoms with Gasteiger partial charge in [-0.1, -0.05) is 115 Å². The van der Waals surface area contributed by atoms with Crippen LogP contribution in [0.4, 0.5) is 0 Å². The Kier molecular flexibility index (Phi) is 6.89. The molecule has 0 spiro atoms. The smallest absolute Gasteiger partial charge is 0.138 e. The number of aromatic nitrogens is 4. The van der Waals surface area contributed by atoms with E-state index in [1.165, 1.54) is 54.3 Å². The minimum atomic E-state index is 0.893. The molecule has 0 N–H and O–H groups in total. The van der Waals surface area contributed by atoms with Crippen molar-refractivity contribution >= 4 is 65.3 Å². The summed E-state index contributed by atoms with van der Waals surface area (Å²) in [6, 6.07) is 72.2. The summed E-state index contributed by atoms with van der Waals surface area (Å²) < 4.78 is 7.06. The predicted molar refractivity (Wildman–Crippen MR) is 238 cm³/mol. The van der Waals surface area contributed by atoms with Crippen LogP contribution in [0.25, 0.3) is 105 Å². The lowest BCUT2D eigenvalue weighted by molar-refractivity contribution is 1.08. The number of rotatable bonds is 5. The van der Waals surface area contributed by atoms with Gasteiger partial charge < -0.3 is 9.13 Å². The summed E-state index contributed by atoms with van der Waals surface area (Å²) in [5, 5.41) is 8.56. The molecule has 8 aromatic carbocycles. The monoisotopic (exact) mass is 726 g/mol. The zero-order valence-electron chi connectivity index (χ0n) is 30.9.